The van der Waals surface area contributed by atoms with Crippen molar-refractivity contribution in [2.24, 2.45) is 7.05 Å². The highest BCUT2D eigenvalue weighted by molar-refractivity contribution is 5.97. The van der Waals surface area contributed by atoms with Crippen molar-refractivity contribution in [3.05, 3.63) is 75.8 Å². The SMILES string of the molecule is Cc1ccccc1C1CN(C(=O)c2ccc3ncn(C)c(=O)c3c2)CCN1. The molecule has 4 rings (SSSR count). The summed E-state index contributed by atoms with van der Waals surface area (Å²) in [5.41, 5.74) is 3.41. The number of fused-ring (bicyclic) bond motifs is 1. The third-order valence-electron chi connectivity index (χ3n) is 5.19. The summed E-state index contributed by atoms with van der Waals surface area (Å²) in [5, 5.41) is 3.97. The van der Waals surface area contributed by atoms with Crippen molar-refractivity contribution in [3.63, 3.8) is 0 Å². The van der Waals surface area contributed by atoms with Gasteiger partial charge in [0.25, 0.3) is 11.5 Å². The molecule has 1 N–H and O–H groups in total. The van der Waals surface area contributed by atoms with Crippen LogP contribution < -0.4 is 10.9 Å². The lowest BCUT2D eigenvalue weighted by Crippen LogP contribution is -2.48. The van der Waals surface area contributed by atoms with E-state index in [2.05, 4.69) is 29.4 Å². The highest BCUT2D eigenvalue weighted by atomic mass is 16.2. The van der Waals surface area contributed by atoms with Crippen LogP contribution in [-0.4, -0.2) is 40.0 Å². The average molecular weight is 362 g/mol. The standard InChI is InChI=1S/C21H22N4O2/c1-14-5-3-4-6-16(14)19-12-25(10-9-22-19)20(26)15-7-8-18-17(11-15)21(27)24(2)13-23-18/h3-8,11,13,19,22H,9-10,12H2,1-2H3. The van der Waals surface area contributed by atoms with Crippen LogP contribution in [0.2, 0.25) is 0 Å². The van der Waals surface area contributed by atoms with Gasteiger partial charge in [-0.3, -0.25) is 9.59 Å². The Kier molecular flexibility index (Phi) is 4.49. The second kappa shape index (κ2) is 6.96. The molecule has 0 radical (unpaired) electrons. The number of carbonyl (C=O) groups is 1. The molecule has 138 valence electrons. The van der Waals surface area contributed by atoms with Crippen LogP contribution in [0.15, 0.2) is 53.6 Å². The summed E-state index contributed by atoms with van der Waals surface area (Å²) in [6, 6.07) is 13.5. The van der Waals surface area contributed by atoms with Crippen LogP contribution in [-0.2, 0) is 7.05 Å². The lowest BCUT2D eigenvalue weighted by molar-refractivity contribution is 0.0703. The van der Waals surface area contributed by atoms with E-state index in [0.29, 0.717) is 29.6 Å². The number of nitrogens with one attached hydrogen (secondary N) is 1. The quantitative estimate of drug-likeness (QED) is 0.757. The molecule has 0 bridgehead atoms. The fraction of sp³-hybridized carbons (Fsp3) is 0.286. The first-order valence-electron chi connectivity index (χ1n) is 9.08. The minimum atomic E-state index is -0.146. The highest BCUT2D eigenvalue weighted by Crippen LogP contribution is 2.22. The molecular weight excluding hydrogens is 340 g/mol. The summed E-state index contributed by atoms with van der Waals surface area (Å²) >= 11 is 0. The number of benzene rings is 2. The second-order valence-corrected chi connectivity index (χ2v) is 7.01. The van der Waals surface area contributed by atoms with E-state index in [9.17, 15) is 9.59 Å². The molecule has 1 unspecified atom stereocenters. The van der Waals surface area contributed by atoms with Gasteiger partial charge in [-0.2, -0.15) is 0 Å². The zero-order chi connectivity index (χ0) is 19.0. The molecule has 1 fully saturated rings. The molecule has 27 heavy (non-hydrogen) atoms. The van der Waals surface area contributed by atoms with E-state index >= 15 is 0 Å². The van der Waals surface area contributed by atoms with Crippen molar-refractivity contribution in [1.82, 2.24) is 19.8 Å². The molecule has 2 heterocycles. The minimum Gasteiger partial charge on any atom is -0.335 e. The lowest BCUT2D eigenvalue weighted by Gasteiger charge is -2.34. The maximum absolute atomic E-state index is 13.1. The number of piperazine rings is 1. The van der Waals surface area contributed by atoms with E-state index in [4.69, 9.17) is 0 Å². The summed E-state index contributed by atoms with van der Waals surface area (Å²) in [7, 11) is 1.66. The van der Waals surface area contributed by atoms with Gasteiger partial charge in [-0.25, -0.2) is 4.98 Å². The third-order valence-corrected chi connectivity index (χ3v) is 5.19. The fourth-order valence-corrected chi connectivity index (χ4v) is 3.65. The molecule has 0 spiro atoms. The van der Waals surface area contributed by atoms with Crippen LogP contribution in [0, 0.1) is 6.92 Å². The number of nitrogens with zero attached hydrogens (tertiary/aromatic N) is 3. The monoisotopic (exact) mass is 362 g/mol. The van der Waals surface area contributed by atoms with Gasteiger partial charge in [0.15, 0.2) is 0 Å². The maximum atomic E-state index is 13.1. The largest absolute Gasteiger partial charge is 0.335 e. The zero-order valence-corrected chi connectivity index (χ0v) is 15.5. The molecule has 0 saturated carbocycles. The summed E-state index contributed by atoms with van der Waals surface area (Å²) in [6.07, 6.45) is 1.50. The lowest BCUT2D eigenvalue weighted by atomic mass is 9.99. The second-order valence-electron chi connectivity index (χ2n) is 7.01. The van der Waals surface area contributed by atoms with E-state index in [1.54, 1.807) is 25.2 Å². The van der Waals surface area contributed by atoms with Crippen molar-refractivity contribution in [1.29, 1.82) is 0 Å². The highest BCUT2D eigenvalue weighted by Gasteiger charge is 2.26. The average Bonchev–Trinajstić information content (AvgIpc) is 2.70. The maximum Gasteiger partial charge on any atom is 0.260 e. The van der Waals surface area contributed by atoms with Crippen LogP contribution in [0.1, 0.15) is 27.5 Å². The molecule has 1 aliphatic heterocycles. The topological polar surface area (TPSA) is 67.2 Å². The molecule has 1 saturated heterocycles. The van der Waals surface area contributed by atoms with Gasteiger partial charge in [-0.15, -0.1) is 0 Å². The van der Waals surface area contributed by atoms with Gasteiger partial charge in [0.2, 0.25) is 0 Å². The first kappa shape index (κ1) is 17.4. The molecule has 6 nitrogen and oxygen atoms in total. The number of hydrogen-bond acceptors (Lipinski definition) is 4. The molecule has 1 atom stereocenters. The molecular formula is C21H22N4O2. The van der Waals surface area contributed by atoms with E-state index in [1.165, 1.54) is 22.0 Å². The number of rotatable bonds is 2. The smallest absolute Gasteiger partial charge is 0.260 e. The Hall–Kier alpha value is -2.99. The van der Waals surface area contributed by atoms with Gasteiger partial charge in [-0.1, -0.05) is 24.3 Å². The summed E-state index contributed by atoms with van der Waals surface area (Å²) in [6.45, 7) is 4.07. The number of hydrogen-bond donors (Lipinski definition) is 1. The molecule has 2 aromatic carbocycles. The Balaban J connectivity index is 1.62. The Morgan fingerprint density at radius 2 is 2.04 bits per heavy atom. The molecule has 1 amide bonds. The van der Waals surface area contributed by atoms with Crippen LogP contribution in [0.25, 0.3) is 10.9 Å². The van der Waals surface area contributed by atoms with Crippen LogP contribution >= 0.6 is 0 Å². The Morgan fingerprint density at radius 3 is 2.85 bits per heavy atom. The Morgan fingerprint density at radius 1 is 1.22 bits per heavy atom. The zero-order valence-electron chi connectivity index (χ0n) is 15.5. The molecule has 3 aromatic rings. The number of aromatic nitrogens is 2. The first-order valence-corrected chi connectivity index (χ1v) is 9.08. The van der Waals surface area contributed by atoms with E-state index < -0.39 is 0 Å². The van der Waals surface area contributed by atoms with Crippen molar-refractivity contribution < 1.29 is 4.79 Å². The van der Waals surface area contributed by atoms with Crippen LogP contribution in [0.3, 0.4) is 0 Å². The summed E-state index contributed by atoms with van der Waals surface area (Å²) in [4.78, 5) is 31.5. The van der Waals surface area contributed by atoms with Gasteiger partial charge in [-0.05, 0) is 36.2 Å². The van der Waals surface area contributed by atoms with Gasteiger partial charge in [0, 0.05) is 32.2 Å². The predicted octanol–water partition coefficient (Wildman–Crippen LogP) is 2.03. The van der Waals surface area contributed by atoms with Crippen molar-refractivity contribution in [3.8, 4) is 0 Å². The normalized spacial score (nSPS) is 17.3. The van der Waals surface area contributed by atoms with Gasteiger partial charge < -0.3 is 14.8 Å². The third kappa shape index (κ3) is 3.24. The van der Waals surface area contributed by atoms with Crippen LogP contribution in [0.4, 0.5) is 0 Å². The summed E-state index contributed by atoms with van der Waals surface area (Å²) < 4.78 is 1.43. The molecule has 1 aliphatic rings. The van der Waals surface area contributed by atoms with Gasteiger partial charge >= 0.3 is 0 Å². The van der Waals surface area contributed by atoms with Crippen molar-refractivity contribution in [2.75, 3.05) is 19.6 Å². The van der Waals surface area contributed by atoms with E-state index in [-0.39, 0.29) is 17.5 Å². The van der Waals surface area contributed by atoms with Gasteiger partial charge in [0.05, 0.1) is 23.3 Å². The Labute approximate surface area is 157 Å². The van der Waals surface area contributed by atoms with Crippen LogP contribution in [0.5, 0.6) is 0 Å². The van der Waals surface area contributed by atoms with E-state index in [0.717, 1.165) is 6.54 Å². The van der Waals surface area contributed by atoms with Crippen molar-refractivity contribution in [2.45, 2.75) is 13.0 Å². The fourth-order valence-electron chi connectivity index (χ4n) is 3.65. The van der Waals surface area contributed by atoms with E-state index in [1.807, 2.05) is 17.0 Å². The van der Waals surface area contributed by atoms with Crippen molar-refractivity contribution >= 4 is 16.8 Å². The van der Waals surface area contributed by atoms with Gasteiger partial charge in [0.1, 0.15) is 0 Å². The predicted molar refractivity (Wildman–Crippen MR) is 105 cm³/mol. The molecule has 1 aromatic heterocycles. The first-order chi connectivity index (χ1) is 13.0. The molecule has 0 aliphatic carbocycles. The number of aryl methyl sites for hydroxylation is 2. The Bertz CT molecular complexity index is 1070. The summed E-state index contributed by atoms with van der Waals surface area (Å²) in [5.74, 6) is -0.0529. The number of carbonyl (C=O) groups excluding carboxylic acids is 1. The number of amides is 1. The molecule has 6 heteroatoms. The minimum absolute atomic E-state index is 0.0529.